The fourth-order valence-electron chi connectivity index (χ4n) is 2.62. The van der Waals surface area contributed by atoms with E-state index in [0.29, 0.717) is 11.7 Å². The highest BCUT2D eigenvalue weighted by atomic mass is 16.4. The van der Waals surface area contributed by atoms with Crippen LogP contribution < -0.4 is 0 Å². The summed E-state index contributed by atoms with van der Waals surface area (Å²) in [7, 11) is 0. The second-order valence-electron chi connectivity index (χ2n) is 5.35. The summed E-state index contributed by atoms with van der Waals surface area (Å²) < 4.78 is 10.8. The topological polar surface area (TPSA) is 85.3 Å². The molecule has 2 aromatic heterocycles. The maximum atomic E-state index is 12.2. The van der Waals surface area contributed by atoms with Gasteiger partial charge in [-0.3, -0.25) is 4.79 Å². The highest BCUT2D eigenvalue weighted by Crippen LogP contribution is 2.24. The molecule has 1 aromatic carbocycles. The van der Waals surface area contributed by atoms with E-state index in [1.165, 1.54) is 6.39 Å². The molecule has 1 aliphatic heterocycles. The van der Waals surface area contributed by atoms with Crippen molar-refractivity contribution in [1.82, 2.24) is 20.1 Å². The minimum atomic E-state index is -0.195. The molecule has 0 unspecified atom stereocenters. The van der Waals surface area contributed by atoms with Crippen molar-refractivity contribution in [2.45, 2.75) is 12.8 Å². The number of nitrogens with zero attached hydrogens (tertiary/aromatic N) is 4. The zero-order chi connectivity index (χ0) is 15.6. The Morgan fingerprint density at radius 2 is 1.78 bits per heavy atom. The van der Waals surface area contributed by atoms with E-state index in [2.05, 4.69) is 15.2 Å². The van der Waals surface area contributed by atoms with Crippen molar-refractivity contribution in [3.05, 3.63) is 42.7 Å². The Morgan fingerprint density at radius 3 is 2.48 bits per heavy atom. The summed E-state index contributed by atoms with van der Waals surface area (Å²) in [6.07, 6.45) is 5.08. The molecular weight excluding hydrogens is 296 g/mol. The van der Waals surface area contributed by atoms with Crippen LogP contribution >= 0.6 is 0 Å². The van der Waals surface area contributed by atoms with E-state index in [4.69, 9.17) is 8.83 Å². The van der Waals surface area contributed by atoms with Crippen LogP contribution in [0.25, 0.3) is 22.8 Å². The third-order valence-corrected chi connectivity index (χ3v) is 3.85. The lowest BCUT2D eigenvalue weighted by atomic mass is 10.1. The smallest absolute Gasteiger partial charge is 0.311 e. The lowest BCUT2D eigenvalue weighted by molar-refractivity contribution is 0.0754. The first-order valence-electron chi connectivity index (χ1n) is 7.43. The molecule has 1 saturated heterocycles. The molecule has 1 aliphatic rings. The summed E-state index contributed by atoms with van der Waals surface area (Å²) in [6.45, 7) is 1.50. The van der Waals surface area contributed by atoms with Crippen LogP contribution in [-0.2, 0) is 0 Å². The monoisotopic (exact) mass is 310 g/mol. The molecule has 4 rings (SSSR count). The number of aromatic nitrogens is 3. The maximum Gasteiger partial charge on any atom is 0.311 e. The quantitative estimate of drug-likeness (QED) is 0.739. The van der Waals surface area contributed by atoms with Crippen LogP contribution in [0.4, 0.5) is 0 Å². The van der Waals surface area contributed by atoms with Gasteiger partial charge in [-0.25, -0.2) is 4.98 Å². The van der Waals surface area contributed by atoms with Crippen LogP contribution in [0, 0.1) is 0 Å². The van der Waals surface area contributed by atoms with E-state index >= 15 is 0 Å². The van der Waals surface area contributed by atoms with Gasteiger partial charge in [0.15, 0.2) is 12.2 Å². The Balaban J connectivity index is 1.55. The third kappa shape index (κ3) is 2.61. The van der Waals surface area contributed by atoms with E-state index in [1.54, 1.807) is 11.1 Å². The molecule has 1 amide bonds. The Bertz CT molecular complexity index is 802. The molecule has 0 aliphatic carbocycles. The summed E-state index contributed by atoms with van der Waals surface area (Å²) >= 11 is 0. The zero-order valence-corrected chi connectivity index (χ0v) is 12.3. The molecule has 0 radical (unpaired) electrons. The molecule has 1 fully saturated rings. The van der Waals surface area contributed by atoms with Gasteiger partial charge in [0, 0.05) is 24.2 Å². The highest BCUT2D eigenvalue weighted by Gasteiger charge is 2.24. The van der Waals surface area contributed by atoms with Crippen molar-refractivity contribution in [2.75, 3.05) is 13.1 Å². The van der Waals surface area contributed by atoms with E-state index in [0.717, 1.165) is 37.1 Å². The summed E-state index contributed by atoms with van der Waals surface area (Å²) in [6, 6.07) is 7.44. The Morgan fingerprint density at radius 1 is 1.04 bits per heavy atom. The van der Waals surface area contributed by atoms with Gasteiger partial charge in [0.1, 0.15) is 0 Å². The highest BCUT2D eigenvalue weighted by molar-refractivity contribution is 5.89. The molecule has 0 atom stereocenters. The molecule has 7 nitrogen and oxygen atoms in total. The van der Waals surface area contributed by atoms with E-state index < -0.39 is 0 Å². The average Bonchev–Trinajstić information content (AvgIpc) is 3.36. The fourth-order valence-corrected chi connectivity index (χ4v) is 2.62. The number of carbonyl (C=O) groups is 1. The standard InChI is InChI=1S/C16H14N4O3/c21-16(20-7-1-2-8-20)15-19-18-14(23-15)12-5-3-11(4-6-12)13-9-17-10-22-13/h3-6,9-10H,1-2,7-8H2. The molecule has 3 aromatic rings. The molecule has 23 heavy (non-hydrogen) atoms. The minimum Gasteiger partial charge on any atom is -0.444 e. The number of likely N-dealkylation sites (tertiary alicyclic amines) is 1. The van der Waals surface area contributed by atoms with Gasteiger partial charge in [0.05, 0.1) is 6.20 Å². The molecular formula is C16H14N4O3. The predicted octanol–water partition coefficient (Wildman–Crippen LogP) is 2.63. The lowest BCUT2D eigenvalue weighted by Crippen LogP contribution is -2.27. The van der Waals surface area contributed by atoms with Crippen molar-refractivity contribution < 1.29 is 13.6 Å². The van der Waals surface area contributed by atoms with Crippen LogP contribution in [0.1, 0.15) is 23.5 Å². The van der Waals surface area contributed by atoms with Crippen LogP contribution in [-0.4, -0.2) is 39.1 Å². The first kappa shape index (κ1) is 13.7. The molecule has 0 saturated carbocycles. The predicted molar refractivity (Wildman–Crippen MR) is 80.4 cm³/mol. The van der Waals surface area contributed by atoms with E-state index in [1.807, 2.05) is 24.3 Å². The largest absolute Gasteiger partial charge is 0.444 e. The molecule has 0 N–H and O–H groups in total. The van der Waals surface area contributed by atoms with Gasteiger partial charge in [-0.15, -0.1) is 10.2 Å². The Labute approximate surface area is 132 Å². The number of oxazole rings is 1. The second-order valence-corrected chi connectivity index (χ2v) is 5.35. The first-order chi connectivity index (χ1) is 11.3. The summed E-state index contributed by atoms with van der Waals surface area (Å²) in [5.74, 6) is 0.865. The second kappa shape index (κ2) is 5.68. The normalized spacial score (nSPS) is 14.3. The van der Waals surface area contributed by atoms with Crippen LogP contribution in [0.2, 0.25) is 0 Å². The minimum absolute atomic E-state index is 0.0428. The van der Waals surface area contributed by atoms with Gasteiger partial charge in [0.2, 0.25) is 5.89 Å². The Hall–Kier alpha value is -2.96. The number of hydrogen-bond donors (Lipinski definition) is 0. The van der Waals surface area contributed by atoms with Gasteiger partial charge >= 0.3 is 11.8 Å². The van der Waals surface area contributed by atoms with E-state index in [9.17, 15) is 4.79 Å². The van der Waals surface area contributed by atoms with Crippen molar-refractivity contribution >= 4 is 5.91 Å². The first-order valence-corrected chi connectivity index (χ1v) is 7.43. The van der Waals surface area contributed by atoms with Crippen molar-refractivity contribution in [1.29, 1.82) is 0 Å². The molecule has 7 heteroatoms. The third-order valence-electron chi connectivity index (χ3n) is 3.85. The molecule has 0 bridgehead atoms. The number of carbonyl (C=O) groups excluding carboxylic acids is 1. The summed E-state index contributed by atoms with van der Waals surface area (Å²) in [5.41, 5.74) is 1.65. The van der Waals surface area contributed by atoms with Crippen LogP contribution in [0.3, 0.4) is 0 Å². The lowest BCUT2D eigenvalue weighted by Gasteiger charge is -2.11. The van der Waals surface area contributed by atoms with Crippen molar-refractivity contribution in [3.8, 4) is 22.8 Å². The SMILES string of the molecule is O=C(c1nnc(-c2ccc(-c3cnco3)cc2)o1)N1CCCC1. The molecule has 116 valence electrons. The maximum absolute atomic E-state index is 12.2. The Kier molecular flexibility index (Phi) is 3.38. The zero-order valence-electron chi connectivity index (χ0n) is 12.3. The van der Waals surface area contributed by atoms with Crippen LogP contribution in [0.5, 0.6) is 0 Å². The van der Waals surface area contributed by atoms with Gasteiger partial charge in [-0.2, -0.15) is 0 Å². The summed E-state index contributed by atoms with van der Waals surface area (Å²) in [4.78, 5) is 17.8. The van der Waals surface area contributed by atoms with Gasteiger partial charge in [-0.1, -0.05) is 12.1 Å². The molecule has 3 heterocycles. The van der Waals surface area contributed by atoms with Crippen molar-refractivity contribution in [2.24, 2.45) is 0 Å². The number of hydrogen-bond acceptors (Lipinski definition) is 6. The van der Waals surface area contributed by atoms with Gasteiger partial charge < -0.3 is 13.7 Å². The van der Waals surface area contributed by atoms with Crippen LogP contribution in [0.15, 0.2) is 45.7 Å². The number of benzene rings is 1. The van der Waals surface area contributed by atoms with Gasteiger partial charge in [-0.05, 0) is 25.0 Å². The average molecular weight is 310 g/mol. The summed E-state index contributed by atoms with van der Waals surface area (Å²) in [5, 5.41) is 7.84. The number of amides is 1. The molecule has 0 spiro atoms. The van der Waals surface area contributed by atoms with Gasteiger partial charge in [0.25, 0.3) is 0 Å². The van der Waals surface area contributed by atoms with Crippen molar-refractivity contribution in [3.63, 3.8) is 0 Å². The number of rotatable bonds is 3. The van der Waals surface area contributed by atoms with E-state index in [-0.39, 0.29) is 11.8 Å². The fraction of sp³-hybridized carbons (Fsp3) is 0.250.